The molecule has 0 aliphatic rings. The number of unbranched alkanes of at least 4 members (excludes halogenated alkanes) is 24. The van der Waals surface area contributed by atoms with Gasteiger partial charge in [0.25, 0.3) is 0 Å². The van der Waals surface area contributed by atoms with Gasteiger partial charge in [-0.05, 0) is 90.8 Å². The number of methoxy groups -OCH3 is 1. The van der Waals surface area contributed by atoms with Crippen LogP contribution >= 0.6 is 11.9 Å². The molecule has 9 heteroatoms. The van der Waals surface area contributed by atoms with Crippen LogP contribution in [0.5, 0.6) is 0 Å². The van der Waals surface area contributed by atoms with Crippen LogP contribution in [0.4, 0.5) is 0 Å². The summed E-state index contributed by atoms with van der Waals surface area (Å²) in [5.41, 5.74) is 0.982. The molecule has 1 aromatic heterocycles. The van der Waals surface area contributed by atoms with Crippen LogP contribution in [0.3, 0.4) is 0 Å². The van der Waals surface area contributed by atoms with Crippen molar-refractivity contribution in [1.29, 1.82) is 0 Å². The van der Waals surface area contributed by atoms with Crippen LogP contribution in [-0.4, -0.2) is 67.8 Å². The molecule has 0 aliphatic heterocycles. The summed E-state index contributed by atoms with van der Waals surface area (Å²) in [5, 5.41) is 4.05. The highest BCUT2D eigenvalue weighted by Gasteiger charge is 2.13. The molecular formula is C53H103N3O5S. The van der Waals surface area contributed by atoms with Crippen LogP contribution in [0.15, 0.2) is 10.6 Å². The highest BCUT2D eigenvalue weighted by molar-refractivity contribution is 7.96. The fourth-order valence-corrected chi connectivity index (χ4v) is 8.72. The Kier molecular flexibility index (Phi) is 47.9. The molecule has 0 bridgehead atoms. The van der Waals surface area contributed by atoms with Gasteiger partial charge in [-0.2, -0.15) is 0 Å². The van der Waals surface area contributed by atoms with E-state index in [1.807, 2.05) is 20.1 Å². The fraction of sp³-hybridized carbons (Fsp3) is 0.906. The fourth-order valence-electron chi connectivity index (χ4n) is 8.05. The van der Waals surface area contributed by atoms with Gasteiger partial charge >= 0.3 is 5.97 Å². The van der Waals surface area contributed by atoms with Gasteiger partial charge in [-0.3, -0.25) is 9.52 Å². The van der Waals surface area contributed by atoms with Crippen LogP contribution in [0.25, 0.3) is 0 Å². The maximum Gasteiger partial charge on any atom is 0.306 e. The topological polar surface area (TPSA) is 93.9 Å². The van der Waals surface area contributed by atoms with E-state index in [4.69, 9.17) is 14.0 Å². The first kappa shape index (κ1) is 60.6. The van der Waals surface area contributed by atoms with Gasteiger partial charge in [0.2, 0.25) is 0 Å². The predicted octanol–water partition coefficient (Wildman–Crippen LogP) is 15.9. The number of rotatable bonds is 47. The van der Waals surface area contributed by atoms with E-state index in [9.17, 15) is 9.59 Å². The lowest BCUT2D eigenvalue weighted by atomic mass is 10.0. The monoisotopic (exact) mass is 894 g/mol. The van der Waals surface area contributed by atoms with Crippen LogP contribution in [0, 0.1) is 6.92 Å². The first-order valence-corrected chi connectivity index (χ1v) is 27.6. The number of aryl methyl sites for hydroxylation is 1. The average Bonchev–Trinajstić information content (AvgIpc) is 3.70. The molecule has 1 unspecified atom stereocenters. The van der Waals surface area contributed by atoms with Gasteiger partial charge in [0, 0.05) is 32.6 Å². The van der Waals surface area contributed by atoms with Gasteiger partial charge in [0.1, 0.15) is 18.2 Å². The van der Waals surface area contributed by atoms with Crippen LogP contribution in [0.1, 0.15) is 264 Å². The molecule has 0 amide bonds. The zero-order valence-electron chi connectivity index (χ0n) is 41.9. The molecule has 0 spiro atoms. The van der Waals surface area contributed by atoms with Gasteiger partial charge in [0.15, 0.2) is 0 Å². The Balaban J connectivity index is 0.00000164. The van der Waals surface area contributed by atoms with E-state index in [-0.39, 0.29) is 12.1 Å². The molecule has 0 saturated heterocycles. The highest BCUT2D eigenvalue weighted by Crippen LogP contribution is 2.18. The molecule has 1 rings (SSSR count). The Morgan fingerprint density at radius 3 is 1.61 bits per heavy atom. The Bertz CT molecular complexity index is 1040. The number of ether oxygens (including phenoxy) is 2. The molecule has 366 valence electrons. The van der Waals surface area contributed by atoms with Gasteiger partial charge < -0.3 is 23.7 Å². The molecule has 1 heterocycles. The quantitative estimate of drug-likeness (QED) is 0.0297. The van der Waals surface area contributed by atoms with Crippen molar-refractivity contribution in [3.63, 3.8) is 0 Å². The maximum atomic E-state index is 12.3. The van der Waals surface area contributed by atoms with Gasteiger partial charge in [-0.1, -0.05) is 192 Å². The number of hydrogen-bond donors (Lipinski definition) is 1. The normalized spacial score (nSPS) is 11.9. The van der Waals surface area contributed by atoms with Crippen molar-refractivity contribution >= 4 is 24.2 Å². The lowest BCUT2D eigenvalue weighted by Gasteiger charge is -2.22. The molecule has 0 saturated carbocycles. The molecule has 1 N–H and O–H groups in total. The molecule has 1 aromatic rings. The summed E-state index contributed by atoms with van der Waals surface area (Å²) in [7, 11) is 1.89. The standard InChI is InChI=1S/C35H65N3O4S.C18H38O/c1-4-6-7-8-12-17-23-34(5-2)41-35(40)24-18-13-11-15-20-27-38(26-19-14-9-10-16-21-29-39)28-22-25-36-43-31-33-30-32(3)42-37-33;1-4-6-8-10-12-14-16-18(19-3)17-15-13-11-9-7-5-2/h29-30,34,36H,4-28,31H2,1-3H3;18H,4-17H2,1-3H3. The first-order valence-electron chi connectivity index (χ1n) is 26.6. The number of nitrogens with zero attached hydrogens (tertiary/aromatic N) is 2. The number of carbonyl (C=O) groups is 2. The zero-order valence-corrected chi connectivity index (χ0v) is 42.8. The summed E-state index contributed by atoms with van der Waals surface area (Å²) in [6.07, 6.45) is 44.5. The minimum Gasteiger partial charge on any atom is -0.462 e. The van der Waals surface area contributed by atoms with E-state index in [0.29, 0.717) is 18.9 Å². The summed E-state index contributed by atoms with van der Waals surface area (Å²) in [5.74, 6) is 1.68. The van der Waals surface area contributed by atoms with Crippen molar-refractivity contribution in [2.24, 2.45) is 0 Å². The lowest BCUT2D eigenvalue weighted by molar-refractivity contribution is -0.149. The number of aromatic nitrogens is 1. The summed E-state index contributed by atoms with van der Waals surface area (Å²) >= 11 is 1.70. The summed E-state index contributed by atoms with van der Waals surface area (Å²) < 4.78 is 20.0. The molecule has 0 aliphatic carbocycles. The van der Waals surface area contributed by atoms with Gasteiger partial charge in [-0.25, -0.2) is 0 Å². The van der Waals surface area contributed by atoms with Crippen molar-refractivity contribution in [2.45, 2.75) is 277 Å². The van der Waals surface area contributed by atoms with Gasteiger partial charge in [-0.15, -0.1) is 0 Å². The minimum absolute atomic E-state index is 0.00178. The second-order valence-electron chi connectivity index (χ2n) is 18.1. The van der Waals surface area contributed by atoms with Crippen molar-refractivity contribution < 1.29 is 23.6 Å². The Morgan fingerprint density at radius 1 is 0.661 bits per heavy atom. The Labute approximate surface area is 389 Å². The number of hydrogen-bond acceptors (Lipinski definition) is 9. The van der Waals surface area contributed by atoms with Crippen LogP contribution in [0.2, 0.25) is 0 Å². The van der Waals surface area contributed by atoms with Crippen molar-refractivity contribution in [3.05, 3.63) is 17.5 Å². The van der Waals surface area contributed by atoms with Gasteiger partial charge in [0.05, 0.1) is 17.6 Å². The summed E-state index contributed by atoms with van der Waals surface area (Å²) in [4.78, 5) is 25.5. The van der Waals surface area contributed by atoms with Crippen LogP contribution < -0.4 is 4.72 Å². The van der Waals surface area contributed by atoms with E-state index in [2.05, 4.69) is 42.5 Å². The molecule has 0 aromatic carbocycles. The van der Waals surface area contributed by atoms with Crippen molar-refractivity contribution in [2.75, 3.05) is 33.3 Å². The summed E-state index contributed by atoms with van der Waals surface area (Å²) in [6, 6.07) is 1.99. The van der Waals surface area contributed by atoms with E-state index >= 15 is 0 Å². The van der Waals surface area contributed by atoms with Crippen molar-refractivity contribution in [1.82, 2.24) is 14.8 Å². The first-order chi connectivity index (χ1) is 30.4. The smallest absolute Gasteiger partial charge is 0.306 e. The number of carbonyl (C=O) groups excluding carboxylic acids is 2. The second kappa shape index (κ2) is 49.0. The molecular weight excluding hydrogens is 791 g/mol. The van der Waals surface area contributed by atoms with E-state index < -0.39 is 0 Å². The van der Waals surface area contributed by atoms with Crippen LogP contribution in [-0.2, 0) is 24.8 Å². The average molecular weight is 894 g/mol. The summed E-state index contributed by atoms with van der Waals surface area (Å²) in [6.45, 7) is 15.3. The lowest BCUT2D eigenvalue weighted by Crippen LogP contribution is -2.29. The Hall–Kier alpha value is -1.42. The second-order valence-corrected chi connectivity index (χ2v) is 19.0. The largest absolute Gasteiger partial charge is 0.462 e. The highest BCUT2D eigenvalue weighted by atomic mass is 32.2. The maximum absolute atomic E-state index is 12.3. The third-order valence-corrected chi connectivity index (χ3v) is 13.0. The number of nitrogens with one attached hydrogen (secondary N) is 1. The molecule has 0 radical (unpaired) electrons. The number of aldehydes is 1. The molecule has 8 nitrogen and oxygen atoms in total. The number of esters is 1. The molecule has 0 fully saturated rings. The van der Waals surface area contributed by atoms with E-state index in [1.165, 1.54) is 167 Å². The van der Waals surface area contributed by atoms with E-state index in [1.54, 1.807) is 11.9 Å². The zero-order chi connectivity index (χ0) is 45.4. The third-order valence-electron chi connectivity index (χ3n) is 12.1. The van der Waals surface area contributed by atoms with Crippen molar-refractivity contribution in [3.8, 4) is 0 Å². The Morgan fingerprint density at radius 2 is 1.13 bits per heavy atom. The SMILES string of the molecule is CCCCCCCCC(CC)OC(=O)CCCCCCCN(CCCCCCCC=O)CCCNSCc1cc(C)on1.CCCCCCCCC(CCCCCCCC)OC. The van der Waals surface area contributed by atoms with E-state index in [0.717, 1.165) is 94.6 Å². The molecule has 1 atom stereocenters. The minimum atomic E-state index is -0.00178. The third kappa shape index (κ3) is 42.5. The predicted molar refractivity (Wildman–Crippen MR) is 268 cm³/mol. The molecule has 62 heavy (non-hydrogen) atoms.